The molecule has 172 valence electrons. The van der Waals surface area contributed by atoms with Crippen molar-refractivity contribution in [3.8, 4) is 0 Å². The van der Waals surface area contributed by atoms with Gasteiger partial charge in [-0.3, -0.25) is 4.79 Å². The lowest BCUT2D eigenvalue weighted by Gasteiger charge is -2.16. The standard InChI is InChI=1S/C28H39N3O/c1-3-4-5-6-7-8-9-15-22-31-26-19-14-13-18-25(26)30-28(31)23(2)29-27(32)21-20-24-16-11-10-12-17-24/h10-14,16-19,23H,3-9,15,20-22H2,1-2H3,(H,29,32). The summed E-state index contributed by atoms with van der Waals surface area (Å²) in [6, 6.07) is 18.4. The maximum atomic E-state index is 12.6. The van der Waals surface area contributed by atoms with E-state index in [2.05, 4.69) is 47.1 Å². The SMILES string of the molecule is CCCCCCCCCCn1c(C(C)NC(=O)CCc2ccccc2)nc2ccccc21. The van der Waals surface area contributed by atoms with E-state index < -0.39 is 0 Å². The van der Waals surface area contributed by atoms with Gasteiger partial charge in [0.2, 0.25) is 5.91 Å². The summed E-state index contributed by atoms with van der Waals surface area (Å²) in [7, 11) is 0. The van der Waals surface area contributed by atoms with Crippen molar-refractivity contribution in [2.75, 3.05) is 0 Å². The average Bonchev–Trinajstić information content (AvgIpc) is 3.19. The smallest absolute Gasteiger partial charge is 0.220 e. The fourth-order valence-corrected chi connectivity index (χ4v) is 4.34. The molecule has 1 amide bonds. The van der Waals surface area contributed by atoms with E-state index in [1.807, 2.05) is 31.2 Å². The number of unbranched alkanes of at least 4 members (excludes halogenated alkanes) is 7. The minimum atomic E-state index is -0.111. The lowest BCUT2D eigenvalue weighted by Crippen LogP contribution is -2.29. The third-order valence-corrected chi connectivity index (χ3v) is 6.17. The van der Waals surface area contributed by atoms with E-state index in [-0.39, 0.29) is 11.9 Å². The van der Waals surface area contributed by atoms with E-state index in [0.717, 1.165) is 36.2 Å². The minimum absolute atomic E-state index is 0.0760. The van der Waals surface area contributed by atoms with Crippen molar-refractivity contribution >= 4 is 16.9 Å². The number of hydrogen-bond donors (Lipinski definition) is 1. The Morgan fingerprint density at radius 1 is 0.906 bits per heavy atom. The summed E-state index contributed by atoms with van der Waals surface area (Å²) in [5.74, 6) is 1.04. The Balaban J connectivity index is 1.55. The Bertz CT molecular complexity index is 948. The van der Waals surface area contributed by atoms with E-state index in [1.54, 1.807) is 0 Å². The molecule has 0 saturated heterocycles. The molecule has 1 aromatic heterocycles. The lowest BCUT2D eigenvalue weighted by atomic mass is 10.1. The molecule has 32 heavy (non-hydrogen) atoms. The molecule has 4 heteroatoms. The number of aromatic nitrogens is 2. The number of rotatable bonds is 14. The molecule has 0 aliphatic carbocycles. The second kappa shape index (κ2) is 13.0. The molecule has 1 unspecified atom stereocenters. The van der Waals surface area contributed by atoms with Crippen molar-refractivity contribution < 1.29 is 4.79 Å². The maximum Gasteiger partial charge on any atom is 0.220 e. The van der Waals surface area contributed by atoms with Crippen molar-refractivity contribution in [2.24, 2.45) is 0 Å². The molecule has 1 atom stereocenters. The van der Waals surface area contributed by atoms with Gasteiger partial charge in [0, 0.05) is 13.0 Å². The lowest BCUT2D eigenvalue weighted by molar-refractivity contribution is -0.121. The number of amides is 1. The number of para-hydroxylation sites is 2. The van der Waals surface area contributed by atoms with Crippen LogP contribution in [-0.4, -0.2) is 15.5 Å². The predicted octanol–water partition coefficient (Wildman–Crippen LogP) is 6.99. The van der Waals surface area contributed by atoms with Crippen LogP contribution in [-0.2, 0) is 17.8 Å². The van der Waals surface area contributed by atoms with Crippen molar-refractivity contribution in [1.82, 2.24) is 14.9 Å². The highest BCUT2D eigenvalue weighted by Gasteiger charge is 2.18. The van der Waals surface area contributed by atoms with Crippen LogP contribution in [0.2, 0.25) is 0 Å². The average molecular weight is 434 g/mol. The van der Waals surface area contributed by atoms with Crippen molar-refractivity contribution in [1.29, 1.82) is 0 Å². The fraction of sp³-hybridized carbons (Fsp3) is 0.500. The molecular weight excluding hydrogens is 394 g/mol. The van der Waals surface area contributed by atoms with Crippen LogP contribution in [0.15, 0.2) is 54.6 Å². The zero-order chi connectivity index (χ0) is 22.6. The van der Waals surface area contributed by atoms with Gasteiger partial charge in [-0.15, -0.1) is 0 Å². The van der Waals surface area contributed by atoms with Gasteiger partial charge in [0.1, 0.15) is 5.82 Å². The Morgan fingerprint density at radius 2 is 1.56 bits per heavy atom. The second-order valence-electron chi connectivity index (χ2n) is 8.86. The summed E-state index contributed by atoms with van der Waals surface area (Å²) in [6.07, 6.45) is 11.7. The number of nitrogens with zero attached hydrogens (tertiary/aromatic N) is 2. The first-order valence-corrected chi connectivity index (χ1v) is 12.5. The summed E-state index contributed by atoms with van der Waals surface area (Å²) < 4.78 is 2.31. The van der Waals surface area contributed by atoms with Gasteiger partial charge >= 0.3 is 0 Å². The third-order valence-electron chi connectivity index (χ3n) is 6.17. The van der Waals surface area contributed by atoms with Crippen LogP contribution in [0.25, 0.3) is 11.0 Å². The number of carbonyl (C=O) groups is 1. The van der Waals surface area contributed by atoms with Crippen LogP contribution in [0.5, 0.6) is 0 Å². The van der Waals surface area contributed by atoms with Crippen LogP contribution in [0.1, 0.15) is 89.1 Å². The van der Waals surface area contributed by atoms with Crippen LogP contribution in [0.3, 0.4) is 0 Å². The highest BCUT2D eigenvalue weighted by Crippen LogP contribution is 2.22. The molecule has 0 bridgehead atoms. The normalized spacial score (nSPS) is 12.2. The highest BCUT2D eigenvalue weighted by molar-refractivity contribution is 5.78. The van der Waals surface area contributed by atoms with Gasteiger partial charge in [-0.05, 0) is 37.5 Å². The van der Waals surface area contributed by atoms with Crippen molar-refractivity contribution in [3.63, 3.8) is 0 Å². The quantitative estimate of drug-likeness (QED) is 0.279. The van der Waals surface area contributed by atoms with E-state index in [9.17, 15) is 4.79 Å². The fourth-order valence-electron chi connectivity index (χ4n) is 4.34. The molecule has 3 aromatic rings. The summed E-state index contributed by atoms with van der Waals surface area (Å²) in [6.45, 7) is 5.26. The third kappa shape index (κ3) is 7.22. The van der Waals surface area contributed by atoms with Crippen molar-refractivity contribution in [2.45, 2.75) is 90.6 Å². The van der Waals surface area contributed by atoms with Crippen LogP contribution in [0.4, 0.5) is 0 Å². The van der Waals surface area contributed by atoms with Gasteiger partial charge in [-0.1, -0.05) is 94.3 Å². The van der Waals surface area contributed by atoms with E-state index >= 15 is 0 Å². The molecular formula is C28H39N3O. The Kier molecular flexibility index (Phi) is 9.80. The molecule has 2 aromatic carbocycles. The minimum Gasteiger partial charge on any atom is -0.346 e. The monoisotopic (exact) mass is 433 g/mol. The first-order chi connectivity index (χ1) is 15.7. The van der Waals surface area contributed by atoms with Crippen LogP contribution < -0.4 is 5.32 Å². The number of imidazole rings is 1. The van der Waals surface area contributed by atoms with Gasteiger partial charge in [-0.2, -0.15) is 0 Å². The zero-order valence-corrected chi connectivity index (χ0v) is 19.9. The van der Waals surface area contributed by atoms with Gasteiger partial charge in [0.25, 0.3) is 0 Å². The Morgan fingerprint density at radius 3 is 2.31 bits per heavy atom. The molecule has 0 fully saturated rings. The maximum absolute atomic E-state index is 12.6. The Labute approximate surface area is 193 Å². The highest BCUT2D eigenvalue weighted by atomic mass is 16.1. The molecule has 0 radical (unpaired) electrons. The van der Waals surface area contributed by atoms with Crippen LogP contribution in [0, 0.1) is 0 Å². The number of hydrogen-bond acceptors (Lipinski definition) is 2. The topological polar surface area (TPSA) is 46.9 Å². The second-order valence-corrected chi connectivity index (χ2v) is 8.86. The van der Waals surface area contributed by atoms with E-state index in [0.29, 0.717) is 6.42 Å². The summed E-state index contributed by atoms with van der Waals surface area (Å²) in [4.78, 5) is 17.5. The first kappa shape index (κ1) is 24.0. The summed E-state index contributed by atoms with van der Waals surface area (Å²) in [5, 5.41) is 3.18. The van der Waals surface area contributed by atoms with Gasteiger partial charge < -0.3 is 9.88 Å². The molecule has 0 spiro atoms. The van der Waals surface area contributed by atoms with Gasteiger partial charge in [-0.25, -0.2) is 4.98 Å². The van der Waals surface area contributed by atoms with Gasteiger partial charge in [0.05, 0.1) is 17.1 Å². The largest absolute Gasteiger partial charge is 0.346 e. The van der Waals surface area contributed by atoms with E-state index in [1.165, 1.54) is 50.5 Å². The van der Waals surface area contributed by atoms with Crippen molar-refractivity contribution in [3.05, 3.63) is 66.0 Å². The summed E-state index contributed by atoms with van der Waals surface area (Å²) >= 11 is 0. The first-order valence-electron chi connectivity index (χ1n) is 12.5. The molecule has 4 nitrogen and oxygen atoms in total. The number of fused-ring (bicyclic) bond motifs is 1. The van der Waals surface area contributed by atoms with E-state index in [4.69, 9.17) is 4.98 Å². The number of benzene rings is 2. The number of aryl methyl sites for hydroxylation is 2. The molecule has 0 aliphatic heterocycles. The van der Waals surface area contributed by atoms with Gasteiger partial charge in [0.15, 0.2) is 0 Å². The zero-order valence-electron chi connectivity index (χ0n) is 19.9. The molecule has 1 heterocycles. The van der Waals surface area contributed by atoms with Crippen LogP contribution >= 0.6 is 0 Å². The molecule has 1 N–H and O–H groups in total. The number of nitrogens with one attached hydrogen (secondary N) is 1. The summed E-state index contributed by atoms with van der Waals surface area (Å²) in [5.41, 5.74) is 3.36. The Hall–Kier alpha value is -2.62. The number of carbonyl (C=O) groups excluding carboxylic acids is 1. The molecule has 0 saturated carbocycles. The predicted molar refractivity (Wildman–Crippen MR) is 134 cm³/mol. The molecule has 3 rings (SSSR count). The molecule has 0 aliphatic rings.